The zero-order chi connectivity index (χ0) is 12.1. The molecule has 0 fully saturated rings. The van der Waals surface area contributed by atoms with Gasteiger partial charge in [-0.05, 0) is 38.5 Å². The highest BCUT2D eigenvalue weighted by Gasteiger charge is 2.22. The summed E-state index contributed by atoms with van der Waals surface area (Å²) in [4.78, 5) is 14.9. The predicted octanol–water partition coefficient (Wildman–Crippen LogP) is 2.32. The number of hydrogen-bond acceptors (Lipinski definition) is 3. The largest absolute Gasteiger partial charge is 0.481 e. The summed E-state index contributed by atoms with van der Waals surface area (Å²) in [5.41, 5.74) is 1.23. The Hall–Kier alpha value is -1.32. The Bertz CT molecular complexity index is 347. The molecule has 4 heteroatoms. The summed E-state index contributed by atoms with van der Waals surface area (Å²) in [6.07, 6.45) is 8.71. The number of nitrogens with zero attached hydrogens (tertiary/aromatic N) is 1. The van der Waals surface area contributed by atoms with Crippen molar-refractivity contribution in [1.29, 1.82) is 0 Å². The van der Waals surface area contributed by atoms with Gasteiger partial charge in [-0.15, -0.1) is 0 Å². The molecule has 1 atom stereocenters. The van der Waals surface area contributed by atoms with Crippen molar-refractivity contribution in [2.24, 2.45) is 10.9 Å². The van der Waals surface area contributed by atoms with Gasteiger partial charge in [-0.1, -0.05) is 6.08 Å². The minimum atomic E-state index is -0.702. The van der Waals surface area contributed by atoms with E-state index >= 15 is 0 Å². The maximum atomic E-state index is 10.4. The van der Waals surface area contributed by atoms with Crippen LogP contribution in [0.25, 0.3) is 0 Å². The first-order valence-corrected chi connectivity index (χ1v) is 6.48. The average molecular weight is 236 g/mol. The van der Waals surface area contributed by atoms with Gasteiger partial charge in [0.25, 0.3) is 0 Å². The van der Waals surface area contributed by atoms with Crippen LogP contribution in [-0.2, 0) is 4.79 Å². The van der Waals surface area contributed by atoms with Gasteiger partial charge in [-0.3, -0.25) is 9.79 Å². The zero-order valence-electron chi connectivity index (χ0n) is 10.1. The highest BCUT2D eigenvalue weighted by atomic mass is 16.4. The number of unbranched alkanes of at least 4 members (excludes halogenated alkanes) is 1. The molecule has 94 valence electrons. The molecule has 2 N–H and O–H groups in total. The molecule has 0 aromatic heterocycles. The van der Waals surface area contributed by atoms with Crippen molar-refractivity contribution in [3.05, 3.63) is 11.8 Å². The van der Waals surface area contributed by atoms with E-state index in [1.807, 2.05) is 0 Å². The molecule has 0 saturated carbocycles. The number of rotatable bonds is 5. The van der Waals surface area contributed by atoms with Gasteiger partial charge in [0.1, 0.15) is 5.84 Å². The van der Waals surface area contributed by atoms with Gasteiger partial charge in [-0.2, -0.15) is 0 Å². The van der Waals surface area contributed by atoms with Crippen molar-refractivity contribution in [3.63, 3.8) is 0 Å². The van der Waals surface area contributed by atoms with Crippen LogP contribution in [0.15, 0.2) is 16.8 Å². The number of carboxylic acids is 1. The van der Waals surface area contributed by atoms with Gasteiger partial charge in [0, 0.05) is 24.6 Å². The fraction of sp³-hybridized carbons (Fsp3) is 0.692. The number of nitrogens with one attached hydrogen (secondary N) is 1. The molecule has 2 rings (SSSR count). The maximum absolute atomic E-state index is 10.4. The maximum Gasteiger partial charge on any atom is 0.303 e. The third-order valence-corrected chi connectivity index (χ3v) is 3.40. The predicted molar refractivity (Wildman–Crippen MR) is 67.0 cm³/mol. The molecule has 17 heavy (non-hydrogen) atoms. The quantitative estimate of drug-likeness (QED) is 0.720. The lowest BCUT2D eigenvalue weighted by Crippen LogP contribution is -2.36. The summed E-state index contributed by atoms with van der Waals surface area (Å²) in [7, 11) is 0. The Kier molecular flexibility index (Phi) is 4.18. The van der Waals surface area contributed by atoms with Crippen LogP contribution < -0.4 is 5.32 Å². The minimum absolute atomic E-state index is 0.275. The number of aliphatic imine (C=N–C) groups is 1. The van der Waals surface area contributed by atoms with Gasteiger partial charge in [0.15, 0.2) is 0 Å². The number of hydrogen-bond donors (Lipinski definition) is 2. The van der Waals surface area contributed by atoms with Gasteiger partial charge >= 0.3 is 5.97 Å². The first-order chi connectivity index (χ1) is 8.25. The van der Waals surface area contributed by atoms with Gasteiger partial charge in [0.05, 0.1) is 0 Å². The Morgan fingerprint density at radius 3 is 3.24 bits per heavy atom. The Morgan fingerprint density at radius 1 is 1.53 bits per heavy atom. The van der Waals surface area contributed by atoms with Crippen LogP contribution in [0.5, 0.6) is 0 Å². The molecule has 1 unspecified atom stereocenters. The van der Waals surface area contributed by atoms with Gasteiger partial charge in [-0.25, -0.2) is 0 Å². The molecule has 2 aliphatic rings. The smallest absolute Gasteiger partial charge is 0.303 e. The molecular weight excluding hydrogens is 216 g/mol. The lowest BCUT2D eigenvalue weighted by atomic mass is 9.91. The van der Waals surface area contributed by atoms with E-state index in [0.717, 1.165) is 38.1 Å². The molecule has 0 aromatic carbocycles. The molecular formula is C13H20N2O2. The van der Waals surface area contributed by atoms with Crippen molar-refractivity contribution >= 4 is 11.8 Å². The van der Waals surface area contributed by atoms with Crippen molar-refractivity contribution in [2.75, 3.05) is 6.54 Å². The summed E-state index contributed by atoms with van der Waals surface area (Å²) in [5.74, 6) is 1.06. The van der Waals surface area contributed by atoms with Crippen LogP contribution in [0.3, 0.4) is 0 Å². The first kappa shape index (κ1) is 12.1. The van der Waals surface area contributed by atoms with E-state index in [4.69, 9.17) is 5.11 Å². The van der Waals surface area contributed by atoms with Gasteiger partial charge < -0.3 is 10.4 Å². The Balaban J connectivity index is 1.75. The molecule has 0 bridgehead atoms. The van der Waals surface area contributed by atoms with Gasteiger partial charge in [0.2, 0.25) is 0 Å². The van der Waals surface area contributed by atoms with Crippen molar-refractivity contribution in [3.8, 4) is 0 Å². The second-order valence-electron chi connectivity index (χ2n) is 4.80. The minimum Gasteiger partial charge on any atom is -0.481 e. The third kappa shape index (κ3) is 3.58. The van der Waals surface area contributed by atoms with E-state index in [1.165, 1.54) is 18.5 Å². The monoisotopic (exact) mass is 236 g/mol. The number of fused-ring (bicyclic) bond motifs is 1. The molecule has 0 saturated heterocycles. The third-order valence-electron chi connectivity index (χ3n) is 3.40. The van der Waals surface area contributed by atoms with Crippen LogP contribution in [0, 0.1) is 5.92 Å². The van der Waals surface area contributed by atoms with Crippen molar-refractivity contribution in [1.82, 2.24) is 5.32 Å². The number of amidine groups is 1. The number of carboxylic acid groups (broad SMARTS) is 1. The Morgan fingerprint density at radius 2 is 2.41 bits per heavy atom. The standard InChI is InChI=1S/C13H20N2O2/c16-12(17)6-2-1-5-11-8-7-10-4-3-9-14-13(10)15-11/h8,10H,1-7,9H2,(H,14,15)(H,16,17). The second-order valence-corrected chi connectivity index (χ2v) is 4.80. The molecule has 2 aliphatic heterocycles. The van der Waals surface area contributed by atoms with E-state index in [-0.39, 0.29) is 6.42 Å². The number of allylic oxidation sites excluding steroid dienone is 2. The van der Waals surface area contributed by atoms with E-state index in [2.05, 4.69) is 16.4 Å². The molecule has 0 aliphatic carbocycles. The molecule has 0 spiro atoms. The summed E-state index contributed by atoms with van der Waals surface area (Å²) in [5, 5.41) is 12.0. The fourth-order valence-corrected chi connectivity index (χ4v) is 2.43. The molecule has 0 aromatic rings. The van der Waals surface area contributed by atoms with Crippen LogP contribution in [0.1, 0.15) is 44.9 Å². The van der Waals surface area contributed by atoms with Crippen LogP contribution in [0.2, 0.25) is 0 Å². The van der Waals surface area contributed by atoms with Crippen molar-refractivity contribution in [2.45, 2.75) is 44.9 Å². The van der Waals surface area contributed by atoms with Crippen LogP contribution in [0.4, 0.5) is 0 Å². The van der Waals surface area contributed by atoms with E-state index in [1.54, 1.807) is 0 Å². The number of aliphatic carboxylic acids is 1. The topological polar surface area (TPSA) is 61.7 Å². The molecule has 0 amide bonds. The lowest BCUT2D eigenvalue weighted by Gasteiger charge is -2.28. The normalized spacial score (nSPS) is 23.2. The first-order valence-electron chi connectivity index (χ1n) is 6.48. The number of carbonyl (C=O) groups is 1. The summed E-state index contributed by atoms with van der Waals surface area (Å²) >= 11 is 0. The molecule has 2 heterocycles. The van der Waals surface area contributed by atoms with E-state index in [9.17, 15) is 4.79 Å². The molecule has 0 radical (unpaired) electrons. The summed E-state index contributed by atoms with van der Waals surface area (Å²) in [6.45, 7) is 0.950. The summed E-state index contributed by atoms with van der Waals surface area (Å²) in [6, 6.07) is 0. The fourth-order valence-electron chi connectivity index (χ4n) is 2.43. The Labute approximate surface area is 102 Å². The lowest BCUT2D eigenvalue weighted by molar-refractivity contribution is -0.137. The van der Waals surface area contributed by atoms with E-state index < -0.39 is 5.97 Å². The van der Waals surface area contributed by atoms with Crippen molar-refractivity contribution < 1.29 is 9.90 Å². The zero-order valence-corrected chi connectivity index (χ0v) is 10.1. The van der Waals surface area contributed by atoms with Crippen LogP contribution >= 0.6 is 0 Å². The molecule has 4 nitrogen and oxygen atoms in total. The highest BCUT2D eigenvalue weighted by Crippen LogP contribution is 2.24. The average Bonchev–Trinajstić information content (AvgIpc) is 2.34. The van der Waals surface area contributed by atoms with Crippen LogP contribution in [-0.4, -0.2) is 23.5 Å². The summed E-state index contributed by atoms with van der Waals surface area (Å²) < 4.78 is 0. The van der Waals surface area contributed by atoms with E-state index in [0.29, 0.717) is 5.92 Å². The SMILES string of the molecule is O=C(O)CCCCC1=CCC2CCCN=C2N1. The highest BCUT2D eigenvalue weighted by molar-refractivity contribution is 5.87. The second kappa shape index (κ2) is 5.84.